The van der Waals surface area contributed by atoms with Crippen molar-refractivity contribution in [3.8, 4) is 0 Å². The first-order chi connectivity index (χ1) is 9.75. The quantitative estimate of drug-likeness (QED) is 0.708. The van der Waals surface area contributed by atoms with Crippen molar-refractivity contribution < 1.29 is 4.79 Å². The molecular formula is C15H11ClN2OS. The fourth-order valence-electron chi connectivity index (χ4n) is 1.87. The van der Waals surface area contributed by atoms with E-state index >= 15 is 0 Å². The van der Waals surface area contributed by atoms with Gasteiger partial charge in [0.2, 0.25) is 0 Å². The van der Waals surface area contributed by atoms with Crippen molar-refractivity contribution in [3.63, 3.8) is 0 Å². The van der Waals surface area contributed by atoms with E-state index in [1.165, 1.54) is 11.3 Å². The molecule has 0 bridgehead atoms. The third-order valence-electron chi connectivity index (χ3n) is 2.84. The molecule has 0 radical (unpaired) electrons. The van der Waals surface area contributed by atoms with E-state index in [1.54, 1.807) is 0 Å². The van der Waals surface area contributed by atoms with Gasteiger partial charge in [0.05, 0.1) is 10.7 Å². The van der Waals surface area contributed by atoms with Crippen LogP contribution in [0, 0.1) is 0 Å². The normalized spacial score (nSPS) is 10.4. The van der Waals surface area contributed by atoms with E-state index in [0.717, 1.165) is 15.8 Å². The number of carbonyl (C=O) groups excluding carboxylic acids is 1. The second-order valence-corrected chi connectivity index (χ2v) is 5.62. The number of rotatable bonds is 3. The highest BCUT2D eigenvalue weighted by molar-refractivity contribution is 7.21. The molecule has 1 aromatic heterocycles. The van der Waals surface area contributed by atoms with Gasteiger partial charge in [0, 0.05) is 10.1 Å². The van der Waals surface area contributed by atoms with Gasteiger partial charge in [0.15, 0.2) is 0 Å². The molecule has 0 saturated carbocycles. The lowest BCUT2D eigenvalue weighted by molar-refractivity contribution is 0.0967. The van der Waals surface area contributed by atoms with Crippen LogP contribution in [0.5, 0.6) is 0 Å². The molecule has 0 aliphatic heterocycles. The van der Waals surface area contributed by atoms with Crippen LogP contribution in [0.2, 0.25) is 5.02 Å². The fourth-order valence-corrected chi connectivity index (χ4v) is 3.28. The minimum Gasteiger partial charge on any atom is -0.298 e. The third-order valence-corrected chi connectivity index (χ3v) is 4.51. The second kappa shape index (κ2) is 5.53. The van der Waals surface area contributed by atoms with Gasteiger partial charge in [-0.15, -0.1) is 11.3 Å². The first-order valence-electron chi connectivity index (χ1n) is 6.04. The summed E-state index contributed by atoms with van der Waals surface area (Å²) >= 11 is 7.64. The van der Waals surface area contributed by atoms with Gasteiger partial charge in [-0.25, -0.2) is 0 Å². The van der Waals surface area contributed by atoms with E-state index in [1.807, 2.05) is 54.6 Å². The maximum absolute atomic E-state index is 12.2. The van der Waals surface area contributed by atoms with E-state index in [-0.39, 0.29) is 5.91 Å². The van der Waals surface area contributed by atoms with Gasteiger partial charge >= 0.3 is 0 Å². The molecule has 20 heavy (non-hydrogen) atoms. The standard InChI is InChI=1S/C15H11ClN2OS/c16-13-11-8-4-5-9-12(11)20-14(13)15(19)18-17-10-6-2-1-3-7-10/h1-9,17H,(H,18,19). The van der Waals surface area contributed by atoms with Gasteiger partial charge in [-0.3, -0.25) is 15.6 Å². The van der Waals surface area contributed by atoms with Crippen LogP contribution in [0.15, 0.2) is 54.6 Å². The molecule has 0 aliphatic carbocycles. The first kappa shape index (κ1) is 13.0. The Morgan fingerprint density at radius 3 is 2.45 bits per heavy atom. The Labute approximate surface area is 125 Å². The molecule has 5 heteroatoms. The van der Waals surface area contributed by atoms with E-state index < -0.39 is 0 Å². The molecule has 1 heterocycles. The number of thiophene rings is 1. The van der Waals surface area contributed by atoms with Gasteiger partial charge in [0.25, 0.3) is 5.91 Å². The summed E-state index contributed by atoms with van der Waals surface area (Å²) in [6.07, 6.45) is 0. The zero-order valence-electron chi connectivity index (χ0n) is 10.4. The summed E-state index contributed by atoms with van der Waals surface area (Å²) in [5.41, 5.74) is 6.33. The number of anilines is 1. The average Bonchev–Trinajstić information content (AvgIpc) is 2.84. The van der Waals surface area contributed by atoms with Crippen molar-refractivity contribution in [2.75, 3.05) is 5.43 Å². The van der Waals surface area contributed by atoms with Crippen LogP contribution < -0.4 is 10.9 Å². The van der Waals surface area contributed by atoms with Crippen LogP contribution in [-0.4, -0.2) is 5.91 Å². The molecule has 0 fully saturated rings. The minimum absolute atomic E-state index is 0.236. The predicted molar refractivity (Wildman–Crippen MR) is 84.4 cm³/mol. The Morgan fingerprint density at radius 2 is 1.70 bits per heavy atom. The summed E-state index contributed by atoms with van der Waals surface area (Å²) in [7, 11) is 0. The second-order valence-electron chi connectivity index (χ2n) is 4.19. The van der Waals surface area contributed by atoms with Crippen LogP contribution in [0.3, 0.4) is 0 Å². The molecule has 0 atom stereocenters. The number of hydrogen-bond acceptors (Lipinski definition) is 3. The maximum Gasteiger partial charge on any atom is 0.281 e. The molecule has 3 aromatic rings. The van der Waals surface area contributed by atoms with E-state index in [0.29, 0.717) is 9.90 Å². The molecule has 0 saturated heterocycles. The highest BCUT2D eigenvalue weighted by atomic mass is 35.5. The molecule has 100 valence electrons. The highest BCUT2D eigenvalue weighted by Crippen LogP contribution is 2.34. The number of nitrogens with one attached hydrogen (secondary N) is 2. The number of benzene rings is 2. The van der Waals surface area contributed by atoms with Gasteiger partial charge in [-0.1, -0.05) is 48.0 Å². The van der Waals surface area contributed by atoms with E-state index in [4.69, 9.17) is 11.6 Å². The van der Waals surface area contributed by atoms with Crippen molar-refractivity contribution in [2.45, 2.75) is 0 Å². The van der Waals surface area contributed by atoms with Gasteiger partial charge in [0.1, 0.15) is 4.88 Å². The van der Waals surface area contributed by atoms with Crippen LogP contribution in [-0.2, 0) is 0 Å². The number of para-hydroxylation sites is 1. The molecule has 0 unspecified atom stereocenters. The number of hydrazine groups is 1. The Bertz CT molecular complexity index is 755. The van der Waals surface area contributed by atoms with Crippen molar-refractivity contribution in [1.29, 1.82) is 0 Å². The molecular weight excluding hydrogens is 292 g/mol. The summed E-state index contributed by atoms with van der Waals surface area (Å²) in [4.78, 5) is 12.7. The van der Waals surface area contributed by atoms with Crippen LogP contribution in [0.1, 0.15) is 9.67 Å². The molecule has 2 N–H and O–H groups in total. The van der Waals surface area contributed by atoms with Crippen molar-refractivity contribution in [1.82, 2.24) is 5.43 Å². The average molecular weight is 303 g/mol. The number of hydrogen-bond donors (Lipinski definition) is 2. The zero-order valence-corrected chi connectivity index (χ0v) is 12.0. The molecule has 3 nitrogen and oxygen atoms in total. The third kappa shape index (κ3) is 2.48. The summed E-state index contributed by atoms with van der Waals surface area (Å²) in [5, 5.41) is 1.40. The monoisotopic (exact) mass is 302 g/mol. The highest BCUT2D eigenvalue weighted by Gasteiger charge is 2.16. The summed E-state index contributed by atoms with van der Waals surface area (Å²) in [5.74, 6) is -0.236. The topological polar surface area (TPSA) is 41.1 Å². The van der Waals surface area contributed by atoms with Crippen molar-refractivity contribution >= 4 is 44.6 Å². The van der Waals surface area contributed by atoms with Gasteiger partial charge < -0.3 is 0 Å². The van der Waals surface area contributed by atoms with Crippen molar-refractivity contribution in [3.05, 3.63) is 64.5 Å². The summed E-state index contributed by atoms with van der Waals surface area (Å²) in [6.45, 7) is 0. The lowest BCUT2D eigenvalue weighted by Gasteiger charge is -2.07. The number of carbonyl (C=O) groups is 1. The molecule has 0 aliphatic rings. The van der Waals surface area contributed by atoms with Gasteiger partial charge in [-0.2, -0.15) is 0 Å². The molecule has 0 spiro atoms. The van der Waals surface area contributed by atoms with Crippen LogP contribution in [0.4, 0.5) is 5.69 Å². The number of halogens is 1. The Kier molecular flexibility index (Phi) is 3.58. The number of amides is 1. The lowest BCUT2D eigenvalue weighted by atomic mass is 10.2. The largest absolute Gasteiger partial charge is 0.298 e. The summed E-state index contributed by atoms with van der Waals surface area (Å²) < 4.78 is 1.00. The van der Waals surface area contributed by atoms with E-state index in [9.17, 15) is 4.79 Å². The molecule has 1 amide bonds. The number of fused-ring (bicyclic) bond motifs is 1. The van der Waals surface area contributed by atoms with E-state index in [2.05, 4.69) is 10.9 Å². The Hall–Kier alpha value is -2.04. The Morgan fingerprint density at radius 1 is 1.00 bits per heavy atom. The maximum atomic E-state index is 12.2. The van der Waals surface area contributed by atoms with Crippen molar-refractivity contribution in [2.24, 2.45) is 0 Å². The predicted octanol–water partition coefficient (Wildman–Crippen LogP) is 4.31. The first-order valence-corrected chi connectivity index (χ1v) is 7.23. The smallest absolute Gasteiger partial charge is 0.281 e. The Balaban J connectivity index is 1.81. The molecule has 2 aromatic carbocycles. The zero-order chi connectivity index (χ0) is 13.9. The summed E-state index contributed by atoms with van der Waals surface area (Å²) in [6, 6.07) is 17.1. The van der Waals surface area contributed by atoms with Gasteiger partial charge in [-0.05, 0) is 18.2 Å². The molecule has 3 rings (SSSR count). The SMILES string of the molecule is O=C(NNc1ccccc1)c1sc2ccccc2c1Cl. The fraction of sp³-hybridized carbons (Fsp3) is 0. The van der Waals surface area contributed by atoms with Crippen LogP contribution in [0.25, 0.3) is 10.1 Å². The minimum atomic E-state index is -0.236. The van der Waals surface area contributed by atoms with Crippen LogP contribution >= 0.6 is 22.9 Å². The lowest BCUT2D eigenvalue weighted by Crippen LogP contribution is -2.28.